The van der Waals surface area contributed by atoms with Crippen LogP contribution in [0.5, 0.6) is 0 Å². The van der Waals surface area contributed by atoms with E-state index in [0.717, 1.165) is 42.7 Å². The van der Waals surface area contributed by atoms with Gasteiger partial charge in [0.1, 0.15) is 5.82 Å². The number of carbonyl (C=O) groups is 1. The van der Waals surface area contributed by atoms with Gasteiger partial charge in [0.15, 0.2) is 0 Å². The van der Waals surface area contributed by atoms with Gasteiger partial charge in [0.25, 0.3) is 0 Å². The highest BCUT2D eigenvalue weighted by molar-refractivity contribution is 5.76. The molecule has 3 aromatic rings. The maximum Gasteiger partial charge on any atom is 0.207 e. The SMILES string of the molecule is CC(NC=O)c1nc2ccccc2n1CCCc1ccccc1. The number of nitrogens with one attached hydrogen (secondary N) is 1. The molecule has 118 valence electrons. The Bertz CT molecular complexity index is 780. The molecule has 1 amide bonds. The summed E-state index contributed by atoms with van der Waals surface area (Å²) in [4.78, 5) is 15.5. The molecular weight excluding hydrogens is 286 g/mol. The van der Waals surface area contributed by atoms with Gasteiger partial charge in [-0.1, -0.05) is 42.5 Å². The number of carbonyl (C=O) groups excluding carboxylic acids is 1. The van der Waals surface area contributed by atoms with Crippen molar-refractivity contribution in [2.45, 2.75) is 32.4 Å². The van der Waals surface area contributed by atoms with Crippen LogP contribution in [0.15, 0.2) is 54.6 Å². The number of para-hydroxylation sites is 2. The number of aromatic nitrogens is 2. The van der Waals surface area contributed by atoms with E-state index in [4.69, 9.17) is 4.98 Å². The zero-order valence-electron chi connectivity index (χ0n) is 13.3. The van der Waals surface area contributed by atoms with Gasteiger partial charge >= 0.3 is 0 Å². The molecule has 0 aliphatic carbocycles. The lowest BCUT2D eigenvalue weighted by Gasteiger charge is -2.14. The first-order valence-corrected chi connectivity index (χ1v) is 7.98. The summed E-state index contributed by atoms with van der Waals surface area (Å²) in [6.07, 6.45) is 2.80. The van der Waals surface area contributed by atoms with Gasteiger partial charge in [-0.25, -0.2) is 4.98 Å². The van der Waals surface area contributed by atoms with Gasteiger partial charge < -0.3 is 9.88 Å². The summed E-state index contributed by atoms with van der Waals surface area (Å²) in [6.45, 7) is 2.85. The van der Waals surface area contributed by atoms with Crippen LogP contribution in [0.25, 0.3) is 11.0 Å². The fourth-order valence-corrected chi connectivity index (χ4v) is 2.92. The number of aryl methyl sites for hydroxylation is 2. The number of hydrogen-bond donors (Lipinski definition) is 1. The molecule has 0 spiro atoms. The Labute approximate surface area is 136 Å². The number of hydrogen-bond acceptors (Lipinski definition) is 2. The van der Waals surface area contributed by atoms with Crippen LogP contribution in [0, 0.1) is 0 Å². The molecule has 3 rings (SSSR count). The zero-order valence-corrected chi connectivity index (χ0v) is 13.3. The van der Waals surface area contributed by atoms with Crippen LogP contribution in [-0.4, -0.2) is 16.0 Å². The summed E-state index contributed by atoms with van der Waals surface area (Å²) >= 11 is 0. The summed E-state index contributed by atoms with van der Waals surface area (Å²) in [5.41, 5.74) is 3.44. The minimum atomic E-state index is -0.100. The fraction of sp³-hybridized carbons (Fsp3) is 0.263. The molecule has 0 aliphatic heterocycles. The number of nitrogens with zero attached hydrogens (tertiary/aromatic N) is 2. The molecule has 0 fully saturated rings. The molecule has 1 atom stereocenters. The van der Waals surface area contributed by atoms with E-state index in [1.165, 1.54) is 5.56 Å². The summed E-state index contributed by atoms with van der Waals surface area (Å²) in [7, 11) is 0. The van der Waals surface area contributed by atoms with Gasteiger partial charge in [0.05, 0.1) is 17.1 Å². The molecule has 4 nitrogen and oxygen atoms in total. The predicted octanol–water partition coefficient (Wildman–Crippen LogP) is 3.48. The third kappa shape index (κ3) is 3.42. The molecule has 1 N–H and O–H groups in total. The number of rotatable bonds is 7. The Morgan fingerprint density at radius 2 is 1.87 bits per heavy atom. The third-order valence-corrected chi connectivity index (χ3v) is 4.08. The first-order valence-electron chi connectivity index (χ1n) is 7.98. The highest BCUT2D eigenvalue weighted by Crippen LogP contribution is 2.21. The quantitative estimate of drug-likeness (QED) is 0.679. The van der Waals surface area contributed by atoms with E-state index in [9.17, 15) is 4.79 Å². The molecule has 1 unspecified atom stereocenters. The van der Waals surface area contributed by atoms with E-state index in [1.807, 2.05) is 31.2 Å². The monoisotopic (exact) mass is 307 g/mol. The highest BCUT2D eigenvalue weighted by Gasteiger charge is 2.15. The first kappa shape index (κ1) is 15.3. The molecule has 4 heteroatoms. The van der Waals surface area contributed by atoms with Crippen molar-refractivity contribution in [1.82, 2.24) is 14.9 Å². The van der Waals surface area contributed by atoms with Crippen molar-refractivity contribution in [3.63, 3.8) is 0 Å². The smallest absolute Gasteiger partial charge is 0.207 e. The maximum absolute atomic E-state index is 10.8. The summed E-state index contributed by atoms with van der Waals surface area (Å²) < 4.78 is 2.22. The number of imidazole rings is 1. The van der Waals surface area contributed by atoms with E-state index in [2.05, 4.69) is 40.2 Å². The summed E-state index contributed by atoms with van der Waals surface area (Å²) in [5.74, 6) is 0.909. The van der Waals surface area contributed by atoms with Crippen molar-refractivity contribution in [3.8, 4) is 0 Å². The van der Waals surface area contributed by atoms with E-state index < -0.39 is 0 Å². The van der Waals surface area contributed by atoms with Crippen molar-refractivity contribution in [2.75, 3.05) is 0 Å². The van der Waals surface area contributed by atoms with Crippen LogP contribution >= 0.6 is 0 Å². The molecule has 0 bridgehead atoms. The van der Waals surface area contributed by atoms with Gasteiger partial charge in [0, 0.05) is 6.54 Å². The van der Waals surface area contributed by atoms with Gasteiger partial charge in [0.2, 0.25) is 6.41 Å². The van der Waals surface area contributed by atoms with Crippen molar-refractivity contribution in [1.29, 1.82) is 0 Å². The lowest BCUT2D eigenvalue weighted by atomic mass is 10.1. The lowest BCUT2D eigenvalue weighted by Crippen LogP contribution is -2.20. The molecule has 1 heterocycles. The summed E-state index contributed by atoms with van der Waals surface area (Å²) in [6, 6.07) is 18.5. The van der Waals surface area contributed by atoms with Gasteiger partial charge in [-0.15, -0.1) is 0 Å². The molecule has 0 saturated heterocycles. The second-order valence-electron chi connectivity index (χ2n) is 5.71. The summed E-state index contributed by atoms with van der Waals surface area (Å²) in [5, 5.41) is 2.81. The minimum absolute atomic E-state index is 0.100. The third-order valence-electron chi connectivity index (χ3n) is 4.08. The normalized spacial score (nSPS) is 12.2. The molecule has 0 saturated carbocycles. The standard InChI is InChI=1S/C19H21N3O/c1-15(20-14-23)19-21-17-11-5-6-12-18(17)22(19)13-7-10-16-8-3-2-4-9-16/h2-6,8-9,11-12,14-15H,7,10,13H2,1H3,(H,20,23). The fourth-order valence-electron chi connectivity index (χ4n) is 2.92. The van der Waals surface area contributed by atoms with Crippen molar-refractivity contribution >= 4 is 17.4 Å². The van der Waals surface area contributed by atoms with Gasteiger partial charge in [-0.2, -0.15) is 0 Å². The van der Waals surface area contributed by atoms with E-state index in [0.29, 0.717) is 0 Å². The van der Waals surface area contributed by atoms with Crippen LogP contribution in [-0.2, 0) is 17.8 Å². The zero-order chi connectivity index (χ0) is 16.1. The van der Waals surface area contributed by atoms with Crippen molar-refractivity contribution in [2.24, 2.45) is 0 Å². The number of amides is 1. The lowest BCUT2D eigenvalue weighted by molar-refractivity contribution is -0.110. The largest absolute Gasteiger partial charge is 0.349 e. The average molecular weight is 307 g/mol. The maximum atomic E-state index is 10.8. The van der Waals surface area contributed by atoms with E-state index in [-0.39, 0.29) is 6.04 Å². The topological polar surface area (TPSA) is 46.9 Å². The average Bonchev–Trinajstić information content (AvgIpc) is 2.95. The molecule has 0 aliphatic rings. The molecule has 1 aromatic heterocycles. The Kier molecular flexibility index (Phi) is 4.71. The Morgan fingerprint density at radius 1 is 1.13 bits per heavy atom. The highest BCUT2D eigenvalue weighted by atomic mass is 16.1. The molecule has 2 aromatic carbocycles. The second kappa shape index (κ2) is 7.09. The number of fused-ring (bicyclic) bond motifs is 1. The van der Waals surface area contributed by atoms with Crippen LogP contribution in [0.3, 0.4) is 0 Å². The molecule has 23 heavy (non-hydrogen) atoms. The molecule has 0 radical (unpaired) electrons. The predicted molar refractivity (Wildman–Crippen MR) is 92.1 cm³/mol. The van der Waals surface area contributed by atoms with Crippen molar-refractivity contribution < 1.29 is 4.79 Å². The Hall–Kier alpha value is -2.62. The van der Waals surface area contributed by atoms with Crippen molar-refractivity contribution in [3.05, 3.63) is 66.0 Å². The second-order valence-corrected chi connectivity index (χ2v) is 5.71. The van der Waals surface area contributed by atoms with Crippen LogP contribution in [0.2, 0.25) is 0 Å². The van der Waals surface area contributed by atoms with E-state index in [1.54, 1.807) is 0 Å². The number of benzene rings is 2. The van der Waals surface area contributed by atoms with Crippen LogP contribution < -0.4 is 5.32 Å². The van der Waals surface area contributed by atoms with Crippen LogP contribution in [0.1, 0.15) is 30.8 Å². The van der Waals surface area contributed by atoms with Crippen LogP contribution in [0.4, 0.5) is 0 Å². The first-order chi connectivity index (χ1) is 11.3. The Balaban J connectivity index is 1.82. The Morgan fingerprint density at radius 3 is 2.65 bits per heavy atom. The minimum Gasteiger partial charge on any atom is -0.349 e. The molecular formula is C19H21N3O. The van der Waals surface area contributed by atoms with Gasteiger partial charge in [-0.3, -0.25) is 4.79 Å². The van der Waals surface area contributed by atoms with E-state index >= 15 is 0 Å². The van der Waals surface area contributed by atoms with Gasteiger partial charge in [-0.05, 0) is 37.5 Å².